The summed E-state index contributed by atoms with van der Waals surface area (Å²) in [5.41, 5.74) is 0.228. The number of carbonyl (C=O) groups is 1. The van der Waals surface area contributed by atoms with Crippen LogP contribution >= 0.6 is 0 Å². The summed E-state index contributed by atoms with van der Waals surface area (Å²) >= 11 is 0. The van der Waals surface area contributed by atoms with Crippen molar-refractivity contribution in [2.45, 2.75) is 19.1 Å². The minimum Gasteiger partial charge on any atom is -0.381 e. The molecule has 1 unspecified atom stereocenters. The van der Waals surface area contributed by atoms with Crippen molar-refractivity contribution in [1.29, 1.82) is 0 Å². The maximum Gasteiger partial charge on any atom is 0.471 e. The highest BCUT2D eigenvalue weighted by molar-refractivity contribution is 5.79. The Morgan fingerprint density at radius 3 is 2.76 bits per heavy atom. The highest BCUT2D eigenvalue weighted by Crippen LogP contribution is 2.30. The van der Waals surface area contributed by atoms with Gasteiger partial charge in [0.2, 0.25) is 11.7 Å². The van der Waals surface area contributed by atoms with Crippen LogP contribution < -0.4 is 5.32 Å². The molecule has 3 rings (SSSR count). The van der Waals surface area contributed by atoms with Crippen molar-refractivity contribution in [1.82, 2.24) is 15.5 Å². The van der Waals surface area contributed by atoms with Crippen molar-refractivity contribution in [2.24, 2.45) is 5.92 Å². The van der Waals surface area contributed by atoms with Gasteiger partial charge in [-0.2, -0.15) is 18.2 Å². The van der Waals surface area contributed by atoms with E-state index in [-0.39, 0.29) is 23.9 Å². The van der Waals surface area contributed by atoms with Crippen LogP contribution in [0.2, 0.25) is 0 Å². The third kappa shape index (κ3) is 3.95. The smallest absolute Gasteiger partial charge is 0.381 e. The van der Waals surface area contributed by atoms with Gasteiger partial charge in [0.05, 0.1) is 18.1 Å². The largest absolute Gasteiger partial charge is 0.471 e. The molecule has 25 heavy (non-hydrogen) atoms. The summed E-state index contributed by atoms with van der Waals surface area (Å²) in [6.45, 7) is 0.983. The lowest BCUT2D eigenvalue weighted by atomic mass is 10.1. The molecule has 1 amide bonds. The molecule has 2 aromatic rings. The van der Waals surface area contributed by atoms with Crippen LogP contribution in [0.5, 0.6) is 0 Å². The third-order valence-electron chi connectivity index (χ3n) is 3.71. The molecule has 1 aromatic carbocycles. The van der Waals surface area contributed by atoms with Gasteiger partial charge in [-0.3, -0.25) is 4.79 Å². The predicted molar refractivity (Wildman–Crippen MR) is 75.5 cm³/mol. The number of carbonyl (C=O) groups excluding carboxylic acids is 1. The van der Waals surface area contributed by atoms with E-state index in [1.54, 1.807) is 0 Å². The summed E-state index contributed by atoms with van der Waals surface area (Å²) in [6.07, 6.45) is -4.16. The van der Waals surface area contributed by atoms with E-state index in [0.29, 0.717) is 25.2 Å². The summed E-state index contributed by atoms with van der Waals surface area (Å²) in [5.74, 6) is -3.26. The second-order valence-corrected chi connectivity index (χ2v) is 5.51. The first kappa shape index (κ1) is 17.3. The second kappa shape index (κ2) is 6.79. The van der Waals surface area contributed by atoms with E-state index in [2.05, 4.69) is 20.0 Å². The molecule has 1 atom stereocenters. The molecule has 1 fully saturated rings. The molecule has 0 saturated carbocycles. The molecule has 1 aliphatic heterocycles. The Morgan fingerprint density at radius 2 is 2.16 bits per heavy atom. The number of hydrogen-bond donors (Lipinski definition) is 1. The average Bonchev–Trinajstić information content (AvgIpc) is 3.23. The van der Waals surface area contributed by atoms with Crippen molar-refractivity contribution >= 4 is 5.91 Å². The van der Waals surface area contributed by atoms with Crippen molar-refractivity contribution in [3.8, 4) is 11.4 Å². The third-order valence-corrected chi connectivity index (χ3v) is 3.71. The second-order valence-electron chi connectivity index (χ2n) is 5.51. The molecular formula is C15H13F4N3O3. The minimum absolute atomic E-state index is 0.0899. The lowest BCUT2D eigenvalue weighted by Crippen LogP contribution is -2.30. The van der Waals surface area contributed by atoms with E-state index in [4.69, 9.17) is 4.74 Å². The Labute approximate surface area is 139 Å². The van der Waals surface area contributed by atoms with E-state index < -0.39 is 23.7 Å². The van der Waals surface area contributed by atoms with E-state index in [1.807, 2.05) is 0 Å². The first-order chi connectivity index (χ1) is 11.8. The molecule has 2 heterocycles. The Morgan fingerprint density at radius 1 is 1.36 bits per heavy atom. The summed E-state index contributed by atoms with van der Waals surface area (Å²) in [4.78, 5) is 15.0. The monoisotopic (exact) mass is 359 g/mol. The van der Waals surface area contributed by atoms with Gasteiger partial charge in [-0.05, 0) is 24.1 Å². The molecule has 0 radical (unpaired) electrons. The first-order valence-electron chi connectivity index (χ1n) is 7.40. The highest BCUT2D eigenvalue weighted by atomic mass is 19.4. The van der Waals surface area contributed by atoms with Gasteiger partial charge in [0.1, 0.15) is 5.82 Å². The molecular weight excluding hydrogens is 346 g/mol. The number of aromatic nitrogens is 2. The summed E-state index contributed by atoms with van der Waals surface area (Å²) in [7, 11) is 0. The number of nitrogens with one attached hydrogen (secondary N) is 1. The van der Waals surface area contributed by atoms with Gasteiger partial charge in [0, 0.05) is 13.2 Å². The molecule has 6 nitrogen and oxygen atoms in total. The summed E-state index contributed by atoms with van der Waals surface area (Å²) < 4.78 is 60.7. The number of hydrogen-bond acceptors (Lipinski definition) is 5. The van der Waals surface area contributed by atoms with Gasteiger partial charge in [-0.25, -0.2) is 4.39 Å². The fourth-order valence-electron chi connectivity index (χ4n) is 2.37. The highest BCUT2D eigenvalue weighted by Gasteiger charge is 2.38. The summed E-state index contributed by atoms with van der Waals surface area (Å²) in [6, 6.07) is 3.80. The standard InChI is InChI=1S/C15H13F4N3O3/c16-11-5-8(6-20-13(23)9-3-4-24-7-9)1-2-10(11)12-21-14(25-22-12)15(17,18)19/h1-2,5,9H,3-4,6-7H2,(H,20,23). The Hall–Kier alpha value is -2.49. The van der Waals surface area contributed by atoms with Crippen LogP contribution in [0.3, 0.4) is 0 Å². The quantitative estimate of drug-likeness (QED) is 0.849. The molecule has 1 aromatic heterocycles. The number of amides is 1. The van der Waals surface area contributed by atoms with Crippen LogP contribution in [0.1, 0.15) is 17.9 Å². The lowest BCUT2D eigenvalue weighted by molar-refractivity contribution is -0.159. The Balaban J connectivity index is 1.68. The molecule has 1 N–H and O–H groups in total. The van der Waals surface area contributed by atoms with Crippen LogP contribution in [0, 0.1) is 11.7 Å². The van der Waals surface area contributed by atoms with E-state index >= 15 is 0 Å². The SMILES string of the molecule is O=C(NCc1ccc(-c2noc(C(F)(F)F)n2)c(F)c1)C1CCOC1. The zero-order chi connectivity index (χ0) is 18.0. The van der Waals surface area contributed by atoms with Gasteiger partial charge in [0.15, 0.2) is 0 Å². The van der Waals surface area contributed by atoms with Gasteiger partial charge in [-0.15, -0.1) is 0 Å². The molecule has 0 bridgehead atoms. The zero-order valence-corrected chi connectivity index (χ0v) is 12.8. The minimum atomic E-state index is -4.80. The van der Waals surface area contributed by atoms with E-state index in [9.17, 15) is 22.4 Å². The van der Waals surface area contributed by atoms with Gasteiger partial charge in [0.25, 0.3) is 0 Å². The number of rotatable bonds is 4. The first-order valence-corrected chi connectivity index (χ1v) is 7.40. The number of alkyl halides is 3. The molecule has 10 heteroatoms. The number of benzene rings is 1. The Kier molecular flexibility index (Phi) is 4.71. The van der Waals surface area contributed by atoms with Gasteiger partial charge >= 0.3 is 12.1 Å². The van der Waals surface area contributed by atoms with Crippen LogP contribution in [0.15, 0.2) is 22.7 Å². The van der Waals surface area contributed by atoms with E-state index in [0.717, 1.165) is 6.07 Å². The maximum absolute atomic E-state index is 14.1. The zero-order valence-electron chi connectivity index (χ0n) is 12.8. The van der Waals surface area contributed by atoms with Crippen LogP contribution in [0.4, 0.5) is 17.6 Å². The fourth-order valence-corrected chi connectivity index (χ4v) is 2.37. The molecule has 134 valence electrons. The molecule has 1 aliphatic rings. The number of ether oxygens (including phenoxy) is 1. The van der Waals surface area contributed by atoms with Gasteiger partial charge in [-0.1, -0.05) is 11.2 Å². The fraction of sp³-hybridized carbons (Fsp3) is 0.400. The van der Waals surface area contributed by atoms with Crippen molar-refractivity contribution < 1.29 is 31.6 Å². The van der Waals surface area contributed by atoms with Crippen molar-refractivity contribution in [3.05, 3.63) is 35.5 Å². The van der Waals surface area contributed by atoms with Crippen molar-refractivity contribution in [3.63, 3.8) is 0 Å². The number of nitrogens with zero attached hydrogens (tertiary/aromatic N) is 2. The van der Waals surface area contributed by atoms with Crippen molar-refractivity contribution in [2.75, 3.05) is 13.2 Å². The van der Waals surface area contributed by atoms with Crippen LogP contribution in [-0.4, -0.2) is 29.3 Å². The maximum atomic E-state index is 14.1. The Bertz CT molecular complexity index is 770. The van der Waals surface area contributed by atoms with E-state index in [1.165, 1.54) is 12.1 Å². The molecule has 1 saturated heterocycles. The van der Waals surface area contributed by atoms with Crippen LogP contribution in [-0.2, 0) is 22.3 Å². The topological polar surface area (TPSA) is 77.3 Å². The normalized spacial score (nSPS) is 17.7. The summed E-state index contributed by atoms with van der Waals surface area (Å²) in [5, 5.41) is 5.81. The molecule has 0 aliphatic carbocycles. The van der Waals surface area contributed by atoms with Gasteiger partial charge < -0.3 is 14.6 Å². The lowest BCUT2D eigenvalue weighted by Gasteiger charge is -2.10. The predicted octanol–water partition coefficient (Wildman–Crippen LogP) is 2.55. The molecule has 0 spiro atoms. The number of halogens is 4. The average molecular weight is 359 g/mol. The van der Waals surface area contributed by atoms with Crippen LogP contribution in [0.25, 0.3) is 11.4 Å².